The van der Waals surface area contributed by atoms with E-state index in [-0.39, 0.29) is 23.3 Å². The molecule has 1 atom stereocenters. The van der Waals surface area contributed by atoms with Crippen molar-refractivity contribution in [3.63, 3.8) is 0 Å². The predicted octanol–water partition coefficient (Wildman–Crippen LogP) is 1.16. The van der Waals surface area contributed by atoms with Gasteiger partial charge in [-0.1, -0.05) is 6.92 Å². The Morgan fingerprint density at radius 3 is 2.44 bits per heavy atom. The molecule has 16 heavy (non-hydrogen) atoms. The quantitative estimate of drug-likeness (QED) is 0.578. The zero-order valence-electron chi connectivity index (χ0n) is 10.7. The van der Waals surface area contributed by atoms with Gasteiger partial charge in [0.1, 0.15) is 0 Å². The number of likely N-dealkylation sites (tertiary alicyclic amines) is 1. The second-order valence-corrected chi connectivity index (χ2v) is 5.52. The molecule has 0 aromatic rings. The van der Waals surface area contributed by atoms with Crippen LogP contribution in [-0.4, -0.2) is 35.3 Å². The highest BCUT2D eigenvalue weighted by Gasteiger charge is 2.34. The van der Waals surface area contributed by atoms with Gasteiger partial charge in [-0.3, -0.25) is 14.5 Å². The average Bonchev–Trinajstić information content (AvgIpc) is 2.36. The predicted molar refractivity (Wildman–Crippen MR) is 62.9 cm³/mol. The fourth-order valence-electron chi connectivity index (χ4n) is 1.78. The summed E-state index contributed by atoms with van der Waals surface area (Å²) < 4.78 is 0. The van der Waals surface area contributed by atoms with E-state index in [0.717, 1.165) is 13.0 Å². The SMILES string of the molecule is CC1CC(=O)N(CCCNC(C)(C)C)C1=O. The van der Waals surface area contributed by atoms with Gasteiger partial charge in [-0.05, 0) is 33.7 Å². The highest BCUT2D eigenvalue weighted by atomic mass is 16.2. The van der Waals surface area contributed by atoms with Crippen LogP contribution < -0.4 is 5.32 Å². The van der Waals surface area contributed by atoms with Crippen LogP contribution in [0.5, 0.6) is 0 Å². The summed E-state index contributed by atoms with van der Waals surface area (Å²) in [5.74, 6) is -0.155. The number of nitrogens with zero attached hydrogens (tertiary/aromatic N) is 1. The third-order valence-electron chi connectivity index (χ3n) is 2.68. The van der Waals surface area contributed by atoms with Crippen molar-refractivity contribution in [2.45, 2.75) is 46.1 Å². The molecule has 2 amide bonds. The lowest BCUT2D eigenvalue weighted by Gasteiger charge is -2.21. The van der Waals surface area contributed by atoms with Gasteiger partial charge in [-0.15, -0.1) is 0 Å². The van der Waals surface area contributed by atoms with Crippen molar-refractivity contribution in [2.75, 3.05) is 13.1 Å². The zero-order chi connectivity index (χ0) is 12.3. The summed E-state index contributed by atoms with van der Waals surface area (Å²) in [7, 11) is 0. The summed E-state index contributed by atoms with van der Waals surface area (Å²) in [5.41, 5.74) is 0.0896. The van der Waals surface area contributed by atoms with Crippen LogP contribution in [0.15, 0.2) is 0 Å². The Kier molecular flexibility index (Phi) is 4.08. The second kappa shape index (κ2) is 4.95. The van der Waals surface area contributed by atoms with Crippen molar-refractivity contribution in [2.24, 2.45) is 5.92 Å². The van der Waals surface area contributed by atoms with Crippen molar-refractivity contribution in [1.29, 1.82) is 0 Å². The normalized spacial score (nSPS) is 22.0. The number of imide groups is 1. The standard InChI is InChI=1S/C12H22N2O2/c1-9-8-10(15)14(11(9)16)7-5-6-13-12(2,3)4/h9,13H,5-8H2,1-4H3. The maximum absolute atomic E-state index is 11.6. The van der Waals surface area contributed by atoms with Gasteiger partial charge in [0.05, 0.1) is 0 Å². The van der Waals surface area contributed by atoms with Crippen molar-refractivity contribution >= 4 is 11.8 Å². The third-order valence-corrected chi connectivity index (χ3v) is 2.68. The minimum atomic E-state index is -0.122. The maximum Gasteiger partial charge on any atom is 0.232 e. The van der Waals surface area contributed by atoms with Gasteiger partial charge in [0.2, 0.25) is 11.8 Å². The van der Waals surface area contributed by atoms with E-state index in [1.165, 1.54) is 4.90 Å². The molecule has 0 saturated carbocycles. The molecule has 0 radical (unpaired) electrons. The molecule has 1 fully saturated rings. The van der Waals surface area contributed by atoms with E-state index in [2.05, 4.69) is 26.1 Å². The van der Waals surface area contributed by atoms with Gasteiger partial charge >= 0.3 is 0 Å². The van der Waals surface area contributed by atoms with Gasteiger partial charge in [0.15, 0.2) is 0 Å². The minimum Gasteiger partial charge on any atom is -0.312 e. The van der Waals surface area contributed by atoms with E-state index < -0.39 is 0 Å². The largest absolute Gasteiger partial charge is 0.312 e. The first kappa shape index (κ1) is 13.2. The first-order valence-corrected chi connectivity index (χ1v) is 5.90. The topological polar surface area (TPSA) is 49.4 Å². The number of hydrogen-bond acceptors (Lipinski definition) is 3. The third kappa shape index (κ3) is 3.59. The van der Waals surface area contributed by atoms with Gasteiger partial charge in [-0.25, -0.2) is 0 Å². The first-order valence-electron chi connectivity index (χ1n) is 5.90. The summed E-state index contributed by atoms with van der Waals surface area (Å²) >= 11 is 0. The van der Waals surface area contributed by atoms with Crippen LogP contribution in [0.3, 0.4) is 0 Å². The van der Waals surface area contributed by atoms with Crippen LogP contribution in [0, 0.1) is 5.92 Å². The highest BCUT2D eigenvalue weighted by molar-refractivity contribution is 6.03. The Morgan fingerprint density at radius 2 is 2.00 bits per heavy atom. The van der Waals surface area contributed by atoms with Gasteiger partial charge in [0, 0.05) is 24.4 Å². The highest BCUT2D eigenvalue weighted by Crippen LogP contribution is 2.18. The van der Waals surface area contributed by atoms with Crippen LogP contribution in [0.1, 0.15) is 40.5 Å². The molecule has 0 spiro atoms. The zero-order valence-corrected chi connectivity index (χ0v) is 10.7. The molecule has 1 rings (SSSR count). The van der Waals surface area contributed by atoms with E-state index in [1.54, 1.807) is 0 Å². The van der Waals surface area contributed by atoms with Crippen LogP contribution in [0.2, 0.25) is 0 Å². The van der Waals surface area contributed by atoms with E-state index >= 15 is 0 Å². The Morgan fingerprint density at radius 1 is 1.38 bits per heavy atom. The molecule has 4 nitrogen and oxygen atoms in total. The minimum absolute atomic E-state index is 0.0132. The molecule has 1 unspecified atom stereocenters. The lowest BCUT2D eigenvalue weighted by atomic mass is 10.1. The molecule has 92 valence electrons. The monoisotopic (exact) mass is 226 g/mol. The molecular weight excluding hydrogens is 204 g/mol. The van der Waals surface area contributed by atoms with E-state index in [4.69, 9.17) is 0 Å². The molecule has 1 aliphatic heterocycles. The van der Waals surface area contributed by atoms with Crippen LogP contribution in [-0.2, 0) is 9.59 Å². The molecule has 1 N–H and O–H groups in total. The van der Waals surface area contributed by atoms with Gasteiger partial charge < -0.3 is 5.32 Å². The molecule has 0 aromatic heterocycles. The Bertz CT molecular complexity index is 281. The number of nitrogens with one attached hydrogen (secondary N) is 1. The Labute approximate surface area is 97.4 Å². The van der Waals surface area contributed by atoms with Crippen LogP contribution >= 0.6 is 0 Å². The molecule has 4 heteroatoms. The van der Waals surface area contributed by atoms with Crippen LogP contribution in [0.4, 0.5) is 0 Å². The summed E-state index contributed by atoms with van der Waals surface area (Å²) in [6, 6.07) is 0. The van der Waals surface area contributed by atoms with Crippen molar-refractivity contribution in [3.05, 3.63) is 0 Å². The van der Waals surface area contributed by atoms with E-state index in [9.17, 15) is 9.59 Å². The molecule has 1 aliphatic rings. The first-order chi connectivity index (χ1) is 7.31. The smallest absolute Gasteiger partial charge is 0.232 e. The van der Waals surface area contributed by atoms with Gasteiger partial charge in [0.25, 0.3) is 0 Å². The molecular formula is C12H22N2O2. The Balaban J connectivity index is 2.28. The molecule has 0 bridgehead atoms. The summed E-state index contributed by atoms with van der Waals surface area (Å²) in [6.45, 7) is 9.48. The number of carbonyl (C=O) groups is 2. The number of hydrogen-bond donors (Lipinski definition) is 1. The molecule has 0 aliphatic carbocycles. The fraction of sp³-hybridized carbons (Fsp3) is 0.833. The molecule has 0 aromatic carbocycles. The Hall–Kier alpha value is -0.900. The fourth-order valence-corrected chi connectivity index (χ4v) is 1.78. The van der Waals surface area contributed by atoms with E-state index in [0.29, 0.717) is 13.0 Å². The second-order valence-electron chi connectivity index (χ2n) is 5.52. The number of carbonyl (C=O) groups excluding carboxylic acids is 2. The summed E-state index contributed by atoms with van der Waals surface area (Å²) in [6.07, 6.45) is 1.20. The summed E-state index contributed by atoms with van der Waals surface area (Å²) in [5, 5.41) is 3.34. The van der Waals surface area contributed by atoms with Crippen molar-refractivity contribution in [3.8, 4) is 0 Å². The maximum atomic E-state index is 11.6. The van der Waals surface area contributed by atoms with Gasteiger partial charge in [-0.2, -0.15) is 0 Å². The molecule has 1 heterocycles. The number of rotatable bonds is 4. The van der Waals surface area contributed by atoms with Crippen LogP contribution in [0.25, 0.3) is 0 Å². The number of amides is 2. The van der Waals surface area contributed by atoms with E-state index in [1.807, 2.05) is 6.92 Å². The average molecular weight is 226 g/mol. The lowest BCUT2D eigenvalue weighted by Crippen LogP contribution is -2.38. The summed E-state index contributed by atoms with van der Waals surface area (Å²) in [4.78, 5) is 24.5. The lowest BCUT2D eigenvalue weighted by molar-refractivity contribution is -0.139. The van der Waals surface area contributed by atoms with Crippen molar-refractivity contribution in [1.82, 2.24) is 10.2 Å². The van der Waals surface area contributed by atoms with Crippen molar-refractivity contribution < 1.29 is 9.59 Å². The molecule has 1 saturated heterocycles.